The summed E-state index contributed by atoms with van der Waals surface area (Å²) in [6.45, 7) is 4.21. The van der Waals surface area contributed by atoms with Gasteiger partial charge in [0.05, 0.1) is 25.4 Å². The van der Waals surface area contributed by atoms with E-state index in [9.17, 15) is 8.78 Å². The molecule has 2 aromatic heterocycles. The quantitative estimate of drug-likeness (QED) is 0.299. The number of hydrogen-bond acceptors (Lipinski definition) is 9. The zero-order chi connectivity index (χ0) is 27.6. The molecule has 4 heterocycles. The molecule has 2 fully saturated rings. The third-order valence-electron chi connectivity index (χ3n) is 7.38. The molecular formula is C29H30F2N6O2S. The molecule has 40 heavy (non-hydrogen) atoms. The van der Waals surface area contributed by atoms with Crippen molar-refractivity contribution in [3.63, 3.8) is 0 Å². The molecule has 4 aromatic rings. The van der Waals surface area contributed by atoms with Crippen LogP contribution in [-0.4, -0.2) is 61.8 Å². The molecule has 11 heteroatoms. The Morgan fingerprint density at radius 3 is 2.70 bits per heavy atom. The van der Waals surface area contributed by atoms with Gasteiger partial charge in [0.2, 0.25) is 0 Å². The summed E-state index contributed by atoms with van der Waals surface area (Å²) in [5.74, 6) is -0.120. The van der Waals surface area contributed by atoms with E-state index in [0.29, 0.717) is 30.4 Å². The van der Waals surface area contributed by atoms with Crippen LogP contribution in [0.4, 0.5) is 31.8 Å². The predicted octanol–water partition coefficient (Wildman–Crippen LogP) is 5.87. The third-order valence-corrected chi connectivity index (χ3v) is 8.06. The summed E-state index contributed by atoms with van der Waals surface area (Å²) in [6, 6.07) is 11.7. The maximum atomic E-state index is 14.6. The molecule has 0 spiro atoms. The summed E-state index contributed by atoms with van der Waals surface area (Å²) in [7, 11) is 3.80. The minimum Gasteiger partial charge on any atom is -0.494 e. The van der Waals surface area contributed by atoms with Crippen molar-refractivity contribution in [2.75, 3.05) is 62.2 Å². The fraction of sp³-hybridized carbons (Fsp3) is 0.310. The second-order valence-electron chi connectivity index (χ2n) is 9.86. The predicted molar refractivity (Wildman–Crippen MR) is 153 cm³/mol. The SMILES string of the molecule is COc1cc(N2CCN(C)CC2)c(-c2ccsc2)cc1Nc1cc(N2OCC[C@@H]2c2cccc(F)c2F)ncn1. The van der Waals surface area contributed by atoms with Crippen LogP contribution in [0.2, 0.25) is 0 Å². The van der Waals surface area contributed by atoms with Gasteiger partial charge in [0.25, 0.3) is 0 Å². The molecule has 0 saturated carbocycles. The van der Waals surface area contributed by atoms with Gasteiger partial charge in [-0.15, -0.1) is 0 Å². The van der Waals surface area contributed by atoms with E-state index in [1.165, 1.54) is 17.5 Å². The number of thiophene rings is 1. The summed E-state index contributed by atoms with van der Waals surface area (Å²) in [4.78, 5) is 19.3. The van der Waals surface area contributed by atoms with Gasteiger partial charge in [0.1, 0.15) is 17.9 Å². The van der Waals surface area contributed by atoms with Gasteiger partial charge in [-0.25, -0.2) is 23.8 Å². The highest BCUT2D eigenvalue weighted by Gasteiger charge is 2.32. The topological polar surface area (TPSA) is 66.0 Å². The van der Waals surface area contributed by atoms with Crippen LogP contribution >= 0.6 is 11.3 Å². The van der Waals surface area contributed by atoms with Crippen molar-refractivity contribution in [3.8, 4) is 16.9 Å². The molecule has 8 nitrogen and oxygen atoms in total. The van der Waals surface area contributed by atoms with Gasteiger partial charge in [-0.3, -0.25) is 4.84 Å². The number of methoxy groups -OCH3 is 1. The number of hydroxylamine groups is 1. The third kappa shape index (κ3) is 5.19. The van der Waals surface area contributed by atoms with E-state index in [2.05, 4.69) is 61.1 Å². The van der Waals surface area contributed by atoms with E-state index < -0.39 is 17.7 Å². The van der Waals surface area contributed by atoms with Gasteiger partial charge in [-0.1, -0.05) is 12.1 Å². The Morgan fingerprint density at radius 2 is 1.93 bits per heavy atom. The molecule has 0 amide bonds. The number of aromatic nitrogens is 2. The van der Waals surface area contributed by atoms with Gasteiger partial charge < -0.3 is 19.9 Å². The number of nitrogens with one attached hydrogen (secondary N) is 1. The molecule has 2 aliphatic heterocycles. The van der Waals surface area contributed by atoms with Gasteiger partial charge in [0.15, 0.2) is 17.5 Å². The van der Waals surface area contributed by atoms with Crippen molar-refractivity contribution in [1.82, 2.24) is 14.9 Å². The smallest absolute Gasteiger partial charge is 0.164 e. The number of nitrogens with zero attached hydrogens (tertiary/aromatic N) is 5. The normalized spacial score (nSPS) is 17.9. The average molecular weight is 565 g/mol. The number of ether oxygens (including phenoxy) is 1. The Morgan fingerprint density at radius 1 is 1.07 bits per heavy atom. The van der Waals surface area contributed by atoms with Gasteiger partial charge in [0, 0.05) is 61.5 Å². The monoisotopic (exact) mass is 564 g/mol. The van der Waals surface area contributed by atoms with E-state index >= 15 is 0 Å². The van der Waals surface area contributed by atoms with Crippen LogP contribution in [-0.2, 0) is 4.84 Å². The van der Waals surface area contributed by atoms with Gasteiger partial charge >= 0.3 is 0 Å². The summed E-state index contributed by atoms with van der Waals surface area (Å²) < 4.78 is 34.4. The summed E-state index contributed by atoms with van der Waals surface area (Å²) >= 11 is 1.66. The molecule has 0 aliphatic carbocycles. The van der Waals surface area contributed by atoms with E-state index in [-0.39, 0.29) is 5.56 Å². The Balaban J connectivity index is 1.32. The Hall–Kier alpha value is -3.80. The standard InChI is InChI=1S/C29H30F2N6O2S/c1-35-8-10-36(11-9-35)25-15-26(38-2)23(14-21(25)19-7-13-40-17-19)34-27-16-28(33-18-32-27)37-24(6-12-39-37)20-4-3-5-22(30)29(20)31/h3-5,7,13-18,24H,6,8-12H2,1-2H3,(H,32,33,34)/t24-/m1/s1. The van der Waals surface area contributed by atoms with Crippen molar-refractivity contribution in [3.05, 3.63) is 76.7 Å². The number of likely N-dealkylation sites (N-methyl/N-ethyl adjacent to an activating group) is 1. The number of piperazine rings is 1. The summed E-state index contributed by atoms with van der Waals surface area (Å²) in [6.07, 6.45) is 1.92. The van der Waals surface area contributed by atoms with Crippen molar-refractivity contribution in [2.45, 2.75) is 12.5 Å². The lowest BCUT2D eigenvalue weighted by Gasteiger charge is -2.35. The fourth-order valence-electron chi connectivity index (χ4n) is 5.22. The van der Waals surface area contributed by atoms with Crippen LogP contribution in [0.3, 0.4) is 0 Å². The number of hydrogen-bond donors (Lipinski definition) is 1. The minimum atomic E-state index is -0.886. The van der Waals surface area contributed by atoms with E-state index in [4.69, 9.17) is 9.57 Å². The van der Waals surface area contributed by atoms with Crippen LogP contribution in [0.1, 0.15) is 18.0 Å². The molecule has 0 unspecified atom stereocenters. The number of anilines is 4. The van der Waals surface area contributed by atoms with Crippen molar-refractivity contribution < 1.29 is 18.4 Å². The zero-order valence-electron chi connectivity index (χ0n) is 22.3. The molecule has 2 aliphatic rings. The maximum absolute atomic E-state index is 14.6. The number of halogens is 2. The van der Waals surface area contributed by atoms with Gasteiger partial charge in [-0.05, 0) is 41.6 Å². The first kappa shape index (κ1) is 26.4. The van der Waals surface area contributed by atoms with E-state index in [1.54, 1.807) is 30.6 Å². The molecule has 2 aromatic carbocycles. The molecule has 6 rings (SSSR count). The largest absolute Gasteiger partial charge is 0.494 e. The Kier molecular flexibility index (Phi) is 7.50. The van der Waals surface area contributed by atoms with Crippen LogP contribution < -0.4 is 20.0 Å². The lowest BCUT2D eigenvalue weighted by Crippen LogP contribution is -2.44. The second kappa shape index (κ2) is 11.4. The number of rotatable bonds is 7. The fourth-order valence-corrected chi connectivity index (χ4v) is 5.88. The lowest BCUT2D eigenvalue weighted by atomic mass is 10.0. The van der Waals surface area contributed by atoms with Crippen LogP contribution in [0.25, 0.3) is 11.1 Å². The van der Waals surface area contributed by atoms with Crippen molar-refractivity contribution in [2.24, 2.45) is 0 Å². The van der Waals surface area contributed by atoms with Crippen molar-refractivity contribution in [1.29, 1.82) is 0 Å². The first-order valence-corrected chi connectivity index (χ1v) is 14.1. The summed E-state index contributed by atoms with van der Waals surface area (Å²) in [5, 5.41) is 9.13. The minimum absolute atomic E-state index is 0.229. The highest BCUT2D eigenvalue weighted by Crippen LogP contribution is 2.42. The lowest BCUT2D eigenvalue weighted by molar-refractivity contribution is 0.156. The molecular weight excluding hydrogens is 534 g/mol. The van der Waals surface area contributed by atoms with Gasteiger partial charge in [-0.2, -0.15) is 11.3 Å². The number of benzene rings is 2. The Bertz CT molecular complexity index is 1480. The van der Waals surface area contributed by atoms with Crippen LogP contribution in [0.5, 0.6) is 5.75 Å². The molecule has 1 atom stereocenters. The van der Waals surface area contributed by atoms with Crippen LogP contribution in [0.15, 0.2) is 59.6 Å². The Labute approximate surface area is 235 Å². The molecule has 208 valence electrons. The maximum Gasteiger partial charge on any atom is 0.164 e. The highest BCUT2D eigenvalue weighted by molar-refractivity contribution is 7.08. The summed E-state index contributed by atoms with van der Waals surface area (Å²) in [5.41, 5.74) is 4.35. The second-order valence-corrected chi connectivity index (χ2v) is 10.6. The van der Waals surface area contributed by atoms with E-state index in [1.807, 2.05) is 0 Å². The molecule has 0 bridgehead atoms. The average Bonchev–Trinajstić information content (AvgIpc) is 3.68. The van der Waals surface area contributed by atoms with E-state index in [0.717, 1.165) is 54.7 Å². The van der Waals surface area contributed by atoms with Crippen LogP contribution in [0, 0.1) is 11.6 Å². The molecule has 0 radical (unpaired) electrons. The highest BCUT2D eigenvalue weighted by atomic mass is 32.1. The first-order valence-electron chi connectivity index (χ1n) is 13.1. The van der Waals surface area contributed by atoms with Crippen molar-refractivity contribution >= 4 is 34.3 Å². The zero-order valence-corrected chi connectivity index (χ0v) is 23.1. The molecule has 2 saturated heterocycles. The first-order chi connectivity index (χ1) is 19.5. The molecule has 1 N–H and O–H groups in total.